The van der Waals surface area contributed by atoms with Crippen LogP contribution in [0.2, 0.25) is 0 Å². The molecule has 3 aromatic carbocycles. The number of hydrogen-bond donors (Lipinski definition) is 1. The predicted octanol–water partition coefficient (Wildman–Crippen LogP) is 10.5. The summed E-state index contributed by atoms with van der Waals surface area (Å²) < 4.78 is 12.2. The fraction of sp³-hybridized carbons (Fsp3) is 0.471. The highest BCUT2D eigenvalue weighted by Gasteiger charge is 2.16. The van der Waals surface area contributed by atoms with Crippen molar-refractivity contribution in [1.82, 2.24) is 0 Å². The van der Waals surface area contributed by atoms with Crippen LogP contribution in [0, 0.1) is 5.41 Å². The van der Waals surface area contributed by atoms with Crippen LogP contribution in [0.15, 0.2) is 71.2 Å². The Labute approximate surface area is 244 Å². The second kappa shape index (κ2) is 20.3. The van der Waals surface area contributed by atoms with Crippen LogP contribution >= 0.6 is 15.9 Å². The molecule has 5 heteroatoms. The molecule has 3 aromatic rings. The zero-order valence-electron chi connectivity index (χ0n) is 23.9. The Balaban J connectivity index is 0.000000397. The fourth-order valence-corrected chi connectivity index (χ4v) is 4.82. The number of esters is 1. The van der Waals surface area contributed by atoms with E-state index in [0.717, 1.165) is 30.2 Å². The minimum atomic E-state index is -0.364. The summed E-state index contributed by atoms with van der Waals surface area (Å²) in [6.07, 6.45) is 14.0. The van der Waals surface area contributed by atoms with Gasteiger partial charge in [-0.05, 0) is 41.8 Å². The van der Waals surface area contributed by atoms with Crippen LogP contribution in [0.4, 0.5) is 0 Å². The number of ether oxygens (including phenoxy) is 2. The first-order valence-corrected chi connectivity index (χ1v) is 15.5. The molecule has 212 valence electrons. The molecule has 3 rings (SSSR count). The van der Waals surface area contributed by atoms with Crippen molar-refractivity contribution in [3.8, 4) is 0 Å². The number of carbonyl (C=O) groups is 1. The average molecular weight is 597 g/mol. The normalized spacial score (nSPS) is 10.5. The summed E-state index contributed by atoms with van der Waals surface area (Å²) >= 11 is 3.50. The molecule has 0 bridgehead atoms. The van der Waals surface area contributed by atoms with Gasteiger partial charge in [0.05, 0.1) is 24.3 Å². The van der Waals surface area contributed by atoms with Gasteiger partial charge in [-0.2, -0.15) is 0 Å². The van der Waals surface area contributed by atoms with Crippen LogP contribution < -0.4 is 0 Å². The second-order valence-corrected chi connectivity index (χ2v) is 10.7. The number of unbranched alkanes of at least 4 members (excludes halogenated alkanes) is 10. The molecule has 0 amide bonds. The van der Waals surface area contributed by atoms with E-state index in [1.165, 1.54) is 62.1 Å². The highest BCUT2D eigenvalue weighted by molar-refractivity contribution is 9.10. The number of benzene rings is 3. The van der Waals surface area contributed by atoms with E-state index in [1.54, 1.807) is 18.2 Å². The van der Waals surface area contributed by atoms with Gasteiger partial charge in [0.25, 0.3) is 0 Å². The third kappa shape index (κ3) is 12.8. The summed E-state index contributed by atoms with van der Waals surface area (Å²) in [4.78, 5) is 12.4. The molecule has 0 unspecified atom stereocenters. The number of halogens is 1. The number of fused-ring (bicyclic) bond motifs is 1. The standard InChI is InChI=1S/C24H39NO3.C10H7Br/c1-3-5-7-9-11-15-19-27-23(25)21-17-13-14-18-22(21)24(26)28-20-16-12-10-8-6-4-2;11-10-7-3-5-8-4-1-2-6-9(8)10/h13-14,17-18,25H,3-12,15-16,19-20H2,1-2H3;1-7H. The largest absolute Gasteiger partial charge is 0.478 e. The van der Waals surface area contributed by atoms with Gasteiger partial charge in [-0.3, -0.25) is 5.41 Å². The van der Waals surface area contributed by atoms with Gasteiger partial charge in [0.2, 0.25) is 5.90 Å². The Morgan fingerprint density at radius 1 is 0.641 bits per heavy atom. The van der Waals surface area contributed by atoms with Gasteiger partial charge in [0.1, 0.15) is 0 Å². The van der Waals surface area contributed by atoms with E-state index in [1.807, 2.05) is 18.2 Å². The van der Waals surface area contributed by atoms with E-state index in [-0.39, 0.29) is 11.9 Å². The van der Waals surface area contributed by atoms with Crippen molar-refractivity contribution >= 4 is 38.6 Å². The predicted molar refractivity (Wildman–Crippen MR) is 168 cm³/mol. The maximum atomic E-state index is 12.4. The molecule has 0 saturated carbocycles. The van der Waals surface area contributed by atoms with Crippen LogP contribution in [0.5, 0.6) is 0 Å². The smallest absolute Gasteiger partial charge is 0.338 e. The third-order valence-corrected chi connectivity index (χ3v) is 7.29. The molecule has 0 saturated heterocycles. The summed E-state index contributed by atoms with van der Waals surface area (Å²) in [5.74, 6) is -0.308. The monoisotopic (exact) mass is 595 g/mol. The second-order valence-electron chi connectivity index (χ2n) is 9.86. The summed E-state index contributed by atoms with van der Waals surface area (Å²) in [5, 5.41) is 10.7. The lowest BCUT2D eigenvalue weighted by molar-refractivity contribution is 0.0497. The summed E-state index contributed by atoms with van der Waals surface area (Å²) in [5.41, 5.74) is 0.933. The highest BCUT2D eigenvalue weighted by Crippen LogP contribution is 2.22. The molecule has 0 aliphatic carbocycles. The van der Waals surface area contributed by atoms with Crippen molar-refractivity contribution in [2.75, 3.05) is 13.2 Å². The van der Waals surface area contributed by atoms with Crippen molar-refractivity contribution in [3.63, 3.8) is 0 Å². The van der Waals surface area contributed by atoms with Gasteiger partial charge >= 0.3 is 5.97 Å². The molecule has 1 N–H and O–H groups in total. The van der Waals surface area contributed by atoms with E-state index in [4.69, 9.17) is 14.9 Å². The number of nitrogens with one attached hydrogen (secondary N) is 1. The molecule has 4 nitrogen and oxygen atoms in total. The summed E-state index contributed by atoms with van der Waals surface area (Å²) in [7, 11) is 0. The quantitative estimate of drug-likeness (QED) is 0.0775. The Kier molecular flexibility index (Phi) is 16.9. The van der Waals surface area contributed by atoms with Crippen LogP contribution in [0.25, 0.3) is 10.8 Å². The van der Waals surface area contributed by atoms with Gasteiger partial charge < -0.3 is 9.47 Å². The first-order valence-electron chi connectivity index (χ1n) is 14.7. The minimum absolute atomic E-state index is 0.0562. The molecule has 0 atom stereocenters. The van der Waals surface area contributed by atoms with E-state index >= 15 is 0 Å². The molecular weight excluding hydrogens is 550 g/mol. The SMILES string of the molecule is Brc1cccc2ccccc12.CCCCCCCCOC(=N)c1ccccc1C(=O)OCCCCCCCC. The zero-order chi connectivity index (χ0) is 28.1. The van der Waals surface area contributed by atoms with E-state index in [9.17, 15) is 4.79 Å². The van der Waals surface area contributed by atoms with Crippen molar-refractivity contribution in [3.05, 3.63) is 82.3 Å². The van der Waals surface area contributed by atoms with Gasteiger partial charge in [-0.15, -0.1) is 0 Å². The maximum absolute atomic E-state index is 12.4. The van der Waals surface area contributed by atoms with Gasteiger partial charge in [-0.1, -0.05) is 143 Å². The fourth-order valence-electron chi connectivity index (χ4n) is 4.30. The Bertz CT molecular complexity index is 1060. The van der Waals surface area contributed by atoms with Crippen LogP contribution in [0.1, 0.15) is 107 Å². The number of hydrogen-bond acceptors (Lipinski definition) is 4. The van der Waals surface area contributed by atoms with Gasteiger partial charge in [-0.25, -0.2) is 4.79 Å². The van der Waals surface area contributed by atoms with Crippen molar-refractivity contribution in [2.45, 2.75) is 90.9 Å². The lowest BCUT2D eigenvalue weighted by Crippen LogP contribution is -2.15. The molecule has 0 heterocycles. The zero-order valence-corrected chi connectivity index (χ0v) is 25.4. The Hall–Kier alpha value is -2.66. The van der Waals surface area contributed by atoms with E-state index in [0.29, 0.717) is 24.3 Å². The van der Waals surface area contributed by atoms with Crippen LogP contribution in [0.3, 0.4) is 0 Å². The van der Waals surface area contributed by atoms with Crippen molar-refractivity contribution < 1.29 is 14.3 Å². The van der Waals surface area contributed by atoms with E-state index in [2.05, 4.69) is 60.1 Å². The van der Waals surface area contributed by atoms with Crippen LogP contribution in [-0.4, -0.2) is 25.1 Å². The summed E-state index contributed by atoms with van der Waals surface area (Å²) in [6.45, 7) is 5.37. The lowest BCUT2D eigenvalue weighted by Gasteiger charge is -2.12. The molecule has 0 aliphatic heterocycles. The molecule has 0 spiro atoms. The van der Waals surface area contributed by atoms with Crippen molar-refractivity contribution in [2.24, 2.45) is 0 Å². The molecule has 0 radical (unpaired) electrons. The maximum Gasteiger partial charge on any atom is 0.338 e. The molecule has 0 aromatic heterocycles. The van der Waals surface area contributed by atoms with Crippen molar-refractivity contribution in [1.29, 1.82) is 5.41 Å². The number of carbonyl (C=O) groups excluding carboxylic acids is 1. The third-order valence-electron chi connectivity index (χ3n) is 6.60. The summed E-state index contributed by atoms with van der Waals surface area (Å²) in [6, 6.07) is 21.6. The first kappa shape index (κ1) is 32.6. The van der Waals surface area contributed by atoms with Gasteiger partial charge in [0.15, 0.2) is 0 Å². The molecule has 0 fully saturated rings. The highest BCUT2D eigenvalue weighted by atomic mass is 79.9. The molecule has 0 aliphatic rings. The van der Waals surface area contributed by atoms with Crippen LogP contribution in [-0.2, 0) is 9.47 Å². The molecule has 39 heavy (non-hydrogen) atoms. The van der Waals surface area contributed by atoms with E-state index < -0.39 is 0 Å². The Morgan fingerprint density at radius 3 is 1.79 bits per heavy atom. The lowest BCUT2D eigenvalue weighted by atomic mass is 10.1. The Morgan fingerprint density at radius 2 is 1.15 bits per heavy atom. The molecular formula is C34H46BrNO3. The number of rotatable bonds is 16. The minimum Gasteiger partial charge on any atom is -0.478 e. The average Bonchev–Trinajstić information content (AvgIpc) is 2.96. The topological polar surface area (TPSA) is 59.4 Å². The first-order chi connectivity index (χ1) is 19.1. The van der Waals surface area contributed by atoms with Gasteiger partial charge in [0, 0.05) is 4.47 Å².